The number of aliphatic carboxylic acids is 1. The number of nitrogens with one attached hydrogen (secondary N) is 4. The first kappa shape index (κ1) is 46.0. The predicted octanol–water partition coefficient (Wildman–Crippen LogP) is -3.09. The number of aliphatic hydroxyl groups excluding tert-OH is 4. The Kier molecular flexibility index (Phi) is 24.7. The summed E-state index contributed by atoms with van der Waals surface area (Å²) in [6, 6.07) is 7.57. The Morgan fingerprint density at radius 2 is 1.70 bits per heavy atom. The molecular weight excluding hydrogens is 664 g/mol. The van der Waals surface area contributed by atoms with Crippen LogP contribution in [-0.2, 0) is 44.7 Å². The molecule has 3 amide bonds. The van der Waals surface area contributed by atoms with Crippen LogP contribution in [0.25, 0.3) is 0 Å². The van der Waals surface area contributed by atoms with E-state index < -0.39 is 79.3 Å². The second-order valence-electron chi connectivity index (χ2n) is 10.9. The SMILES string of the molecule is CC(=O)N[C@@H](CO)C(OC(C)COCc1ccccc1)C(=O)NCCCOCC1OCC(NC(=O)CC(=O)O)C(O)C1O.CCO.N=C(N)N. The van der Waals surface area contributed by atoms with Crippen molar-refractivity contribution in [1.82, 2.24) is 16.0 Å². The van der Waals surface area contributed by atoms with E-state index in [2.05, 4.69) is 27.4 Å². The summed E-state index contributed by atoms with van der Waals surface area (Å²) in [6.07, 6.45) is -5.80. The highest BCUT2D eigenvalue weighted by molar-refractivity contribution is 5.93. The molecule has 0 bridgehead atoms. The molecule has 1 heterocycles. The van der Waals surface area contributed by atoms with Gasteiger partial charge in [0.05, 0.1) is 51.2 Å². The number of benzene rings is 1. The number of hydrogen-bond acceptors (Lipinski definition) is 13. The maximum absolute atomic E-state index is 13.0. The average molecular weight is 719 g/mol. The molecule has 50 heavy (non-hydrogen) atoms. The van der Waals surface area contributed by atoms with Crippen molar-refractivity contribution in [1.29, 1.82) is 5.41 Å². The monoisotopic (exact) mass is 718 g/mol. The second-order valence-corrected chi connectivity index (χ2v) is 10.9. The molecule has 19 heteroatoms. The summed E-state index contributed by atoms with van der Waals surface area (Å²) in [5.41, 5.74) is 9.92. The molecule has 6 unspecified atom stereocenters. The van der Waals surface area contributed by atoms with Gasteiger partial charge in [-0.05, 0) is 25.8 Å². The van der Waals surface area contributed by atoms with Crippen molar-refractivity contribution in [3.63, 3.8) is 0 Å². The summed E-state index contributed by atoms with van der Waals surface area (Å²) in [4.78, 5) is 46.8. The van der Waals surface area contributed by atoms with Gasteiger partial charge in [0.2, 0.25) is 11.8 Å². The van der Waals surface area contributed by atoms with Gasteiger partial charge in [-0.1, -0.05) is 30.3 Å². The Bertz CT molecular complexity index is 1130. The summed E-state index contributed by atoms with van der Waals surface area (Å²) in [5, 5.41) is 60.2. The molecule has 1 aliphatic rings. The third-order valence-corrected chi connectivity index (χ3v) is 6.39. The number of nitrogens with two attached hydrogens (primary N) is 2. The third kappa shape index (κ3) is 21.2. The van der Waals surface area contributed by atoms with Gasteiger partial charge in [-0.3, -0.25) is 24.6 Å². The lowest BCUT2D eigenvalue weighted by Gasteiger charge is -2.37. The fourth-order valence-corrected chi connectivity index (χ4v) is 4.26. The van der Waals surface area contributed by atoms with Crippen molar-refractivity contribution in [2.75, 3.05) is 46.2 Å². The summed E-state index contributed by atoms with van der Waals surface area (Å²) >= 11 is 0. The number of carboxylic acid groups (broad SMARTS) is 1. The zero-order chi connectivity index (χ0) is 38.1. The molecule has 286 valence electrons. The third-order valence-electron chi connectivity index (χ3n) is 6.39. The highest BCUT2D eigenvalue weighted by Gasteiger charge is 2.39. The molecule has 0 saturated carbocycles. The largest absolute Gasteiger partial charge is 0.481 e. The van der Waals surface area contributed by atoms with E-state index in [1.807, 2.05) is 30.3 Å². The van der Waals surface area contributed by atoms with E-state index in [9.17, 15) is 34.5 Å². The lowest BCUT2D eigenvalue weighted by molar-refractivity contribution is -0.170. The molecule has 7 atom stereocenters. The lowest BCUT2D eigenvalue weighted by atomic mass is 9.98. The Morgan fingerprint density at radius 1 is 1.08 bits per heavy atom. The first-order valence-corrected chi connectivity index (χ1v) is 15.9. The topological polar surface area (TPSA) is 318 Å². The van der Waals surface area contributed by atoms with Gasteiger partial charge in [0.25, 0.3) is 5.91 Å². The molecule has 19 nitrogen and oxygen atoms in total. The molecule has 0 aliphatic carbocycles. The van der Waals surface area contributed by atoms with Crippen molar-refractivity contribution in [2.24, 2.45) is 11.5 Å². The Labute approximate surface area is 291 Å². The van der Waals surface area contributed by atoms with Crippen LogP contribution in [0.15, 0.2) is 30.3 Å². The summed E-state index contributed by atoms with van der Waals surface area (Å²) in [6.45, 7) is 5.01. The minimum atomic E-state index is -1.38. The molecule has 1 aromatic rings. The number of ether oxygens (including phenoxy) is 4. The zero-order valence-electron chi connectivity index (χ0n) is 28.7. The van der Waals surface area contributed by atoms with E-state index in [1.54, 1.807) is 13.8 Å². The minimum absolute atomic E-state index is 0.0800. The number of amides is 3. The van der Waals surface area contributed by atoms with Crippen molar-refractivity contribution < 1.29 is 63.7 Å². The van der Waals surface area contributed by atoms with Gasteiger partial charge in [-0.25, -0.2) is 0 Å². The van der Waals surface area contributed by atoms with E-state index >= 15 is 0 Å². The highest BCUT2D eigenvalue weighted by atomic mass is 16.6. The van der Waals surface area contributed by atoms with Gasteiger partial charge < -0.3 is 71.9 Å². The van der Waals surface area contributed by atoms with Gasteiger partial charge >= 0.3 is 5.97 Å². The minimum Gasteiger partial charge on any atom is -0.481 e. The first-order valence-electron chi connectivity index (χ1n) is 15.9. The molecule has 1 fully saturated rings. The second kappa shape index (κ2) is 26.9. The van der Waals surface area contributed by atoms with Crippen LogP contribution < -0.4 is 27.4 Å². The molecule has 0 aromatic heterocycles. The number of carboxylic acids is 1. The van der Waals surface area contributed by atoms with E-state index in [0.717, 1.165) is 5.56 Å². The van der Waals surface area contributed by atoms with E-state index in [0.29, 0.717) is 13.0 Å². The summed E-state index contributed by atoms with van der Waals surface area (Å²) in [7, 11) is 0. The smallest absolute Gasteiger partial charge is 0.312 e. The van der Waals surface area contributed by atoms with Crippen LogP contribution in [0.1, 0.15) is 39.2 Å². The Hall–Kier alpha value is -3.95. The predicted molar refractivity (Wildman–Crippen MR) is 178 cm³/mol. The van der Waals surface area contributed by atoms with Gasteiger partial charge in [-0.2, -0.15) is 0 Å². The highest BCUT2D eigenvalue weighted by Crippen LogP contribution is 2.16. The fourth-order valence-electron chi connectivity index (χ4n) is 4.26. The number of rotatable bonds is 19. The van der Waals surface area contributed by atoms with Crippen molar-refractivity contribution in [3.05, 3.63) is 35.9 Å². The van der Waals surface area contributed by atoms with Crippen LogP contribution in [0, 0.1) is 5.41 Å². The van der Waals surface area contributed by atoms with Gasteiger partial charge in [0.15, 0.2) is 12.1 Å². The maximum Gasteiger partial charge on any atom is 0.312 e. The van der Waals surface area contributed by atoms with Gasteiger partial charge in [0.1, 0.15) is 24.7 Å². The Balaban J connectivity index is 0.00000313. The number of carbonyl (C=O) groups is 4. The van der Waals surface area contributed by atoms with Crippen molar-refractivity contribution in [2.45, 2.75) is 82.8 Å². The van der Waals surface area contributed by atoms with Crippen LogP contribution in [0.5, 0.6) is 0 Å². The molecule has 0 radical (unpaired) electrons. The molecule has 13 N–H and O–H groups in total. The van der Waals surface area contributed by atoms with Crippen molar-refractivity contribution >= 4 is 29.7 Å². The fraction of sp³-hybridized carbons (Fsp3) is 0.645. The van der Waals surface area contributed by atoms with Crippen LogP contribution >= 0.6 is 0 Å². The molecule has 2 rings (SSSR count). The lowest BCUT2D eigenvalue weighted by Crippen LogP contribution is -2.60. The van der Waals surface area contributed by atoms with Crippen LogP contribution in [-0.4, -0.2) is 144 Å². The zero-order valence-corrected chi connectivity index (χ0v) is 28.7. The molecule has 0 spiro atoms. The summed E-state index contributed by atoms with van der Waals surface area (Å²) < 4.78 is 22.5. The summed E-state index contributed by atoms with van der Waals surface area (Å²) in [5.74, 6) is -3.46. The number of guanidine groups is 1. The normalized spacial score (nSPS) is 19.9. The maximum atomic E-state index is 13.0. The van der Waals surface area contributed by atoms with Crippen molar-refractivity contribution in [3.8, 4) is 0 Å². The molecule has 1 aliphatic heterocycles. The number of aliphatic hydroxyl groups is 4. The van der Waals surface area contributed by atoms with E-state index in [1.165, 1.54) is 6.92 Å². The van der Waals surface area contributed by atoms with E-state index in [4.69, 9.17) is 34.6 Å². The molecular formula is C31H54N6O13. The van der Waals surface area contributed by atoms with E-state index in [-0.39, 0.29) is 45.5 Å². The van der Waals surface area contributed by atoms with Crippen LogP contribution in [0.3, 0.4) is 0 Å². The Morgan fingerprint density at radius 3 is 2.26 bits per heavy atom. The van der Waals surface area contributed by atoms with Crippen LogP contribution in [0.4, 0.5) is 0 Å². The first-order chi connectivity index (χ1) is 23.7. The van der Waals surface area contributed by atoms with Gasteiger partial charge in [0, 0.05) is 26.7 Å². The number of carbonyl (C=O) groups excluding carboxylic acids is 3. The molecule has 1 saturated heterocycles. The standard InChI is InChI=1S/C28H43N3O12.C2H6O.CH5N3/c1-17(13-41-14-19-7-4-3-5-8-19)43-27(20(12-32)30-18(2)33)28(39)29-9-6-10-40-16-22-26(38)25(37)21(15-42-22)31-23(34)11-24(35)36;1-2-3;2-1(3)4/h3-5,7-8,17,20-22,25-27,32,37-38H,6,9-16H2,1-2H3,(H,29,39)(H,30,33)(H,31,34)(H,35,36);3H,2H2,1H3;(H5,2,3,4)/t17?,20-,21?,22?,25?,26?,27?;;/m0../s1. The van der Waals surface area contributed by atoms with Crippen LogP contribution in [0.2, 0.25) is 0 Å². The van der Waals surface area contributed by atoms with Gasteiger partial charge in [-0.15, -0.1) is 0 Å². The molecule has 1 aromatic carbocycles. The quantitative estimate of drug-likeness (QED) is 0.0292. The number of hydrogen-bond donors (Lipinski definition) is 11. The average Bonchev–Trinajstić information content (AvgIpc) is 3.03.